The van der Waals surface area contributed by atoms with Gasteiger partial charge in [0, 0.05) is 43.9 Å². The van der Waals surface area contributed by atoms with Gasteiger partial charge in [-0.1, -0.05) is 6.42 Å². The number of nitrogens with zero attached hydrogens (tertiary/aromatic N) is 2. The van der Waals surface area contributed by atoms with Crippen molar-refractivity contribution >= 4 is 5.96 Å². The minimum Gasteiger partial charge on any atom is -0.393 e. The van der Waals surface area contributed by atoms with E-state index in [4.69, 9.17) is 9.73 Å². The van der Waals surface area contributed by atoms with Crippen LogP contribution < -0.4 is 5.32 Å². The van der Waals surface area contributed by atoms with Crippen LogP contribution in [0.5, 0.6) is 0 Å². The fourth-order valence-corrected chi connectivity index (χ4v) is 4.99. The van der Waals surface area contributed by atoms with Crippen LogP contribution in [0.15, 0.2) is 4.99 Å². The topological polar surface area (TPSA) is 57.1 Å². The van der Waals surface area contributed by atoms with Crippen molar-refractivity contribution in [2.75, 3.05) is 26.2 Å². The molecule has 124 valence electrons. The summed E-state index contributed by atoms with van der Waals surface area (Å²) in [6, 6.07) is 0. The Kier molecular flexibility index (Phi) is 4.03. The third kappa shape index (κ3) is 2.52. The van der Waals surface area contributed by atoms with Crippen LogP contribution in [0.3, 0.4) is 0 Å². The predicted octanol–water partition coefficient (Wildman–Crippen LogP) is 1.22. The number of aliphatic hydroxyl groups is 1. The minimum absolute atomic E-state index is 0.145. The van der Waals surface area contributed by atoms with Crippen molar-refractivity contribution in [2.45, 2.75) is 57.3 Å². The van der Waals surface area contributed by atoms with Crippen LogP contribution in [0, 0.1) is 17.8 Å². The van der Waals surface area contributed by atoms with Crippen LogP contribution in [-0.2, 0) is 4.74 Å². The quantitative estimate of drug-likeness (QED) is 0.608. The molecule has 1 aliphatic carbocycles. The molecular weight excluding hydrogens is 278 g/mol. The summed E-state index contributed by atoms with van der Waals surface area (Å²) in [7, 11) is 0. The van der Waals surface area contributed by atoms with E-state index in [1.165, 1.54) is 12.8 Å². The molecule has 6 atom stereocenters. The van der Waals surface area contributed by atoms with E-state index in [2.05, 4.69) is 17.1 Å². The summed E-state index contributed by atoms with van der Waals surface area (Å²) in [5.41, 5.74) is 0. The zero-order valence-corrected chi connectivity index (χ0v) is 13.6. The molecule has 3 saturated heterocycles. The molecule has 0 aromatic rings. The van der Waals surface area contributed by atoms with Gasteiger partial charge in [0.05, 0.1) is 18.3 Å². The summed E-state index contributed by atoms with van der Waals surface area (Å²) in [5, 5.41) is 13.4. The highest BCUT2D eigenvalue weighted by Gasteiger charge is 2.53. The number of likely N-dealkylation sites (tertiary alicyclic amines) is 1. The fraction of sp³-hybridized carbons (Fsp3) is 0.941. The van der Waals surface area contributed by atoms with Crippen molar-refractivity contribution in [2.24, 2.45) is 22.7 Å². The van der Waals surface area contributed by atoms with Crippen LogP contribution in [-0.4, -0.2) is 60.5 Å². The first-order valence-electron chi connectivity index (χ1n) is 9.13. The molecule has 4 fully saturated rings. The van der Waals surface area contributed by atoms with E-state index in [0.717, 1.165) is 51.4 Å². The van der Waals surface area contributed by atoms with Crippen LogP contribution >= 0.6 is 0 Å². The van der Waals surface area contributed by atoms with Gasteiger partial charge in [-0.3, -0.25) is 4.99 Å². The van der Waals surface area contributed by atoms with Gasteiger partial charge in [0.2, 0.25) is 0 Å². The minimum atomic E-state index is -0.145. The number of rotatable bonds is 3. The van der Waals surface area contributed by atoms with E-state index in [1.807, 2.05) is 0 Å². The monoisotopic (exact) mass is 307 g/mol. The maximum Gasteiger partial charge on any atom is 0.193 e. The van der Waals surface area contributed by atoms with Gasteiger partial charge in [-0.25, -0.2) is 0 Å². The van der Waals surface area contributed by atoms with Gasteiger partial charge in [-0.2, -0.15) is 0 Å². The number of hydrogen-bond donors (Lipinski definition) is 2. The Balaban J connectivity index is 1.41. The van der Waals surface area contributed by atoms with E-state index in [1.54, 1.807) is 0 Å². The van der Waals surface area contributed by atoms with Crippen LogP contribution in [0.4, 0.5) is 0 Å². The Labute approximate surface area is 133 Å². The molecule has 22 heavy (non-hydrogen) atoms. The number of ether oxygens (including phenoxy) is 1. The molecule has 0 amide bonds. The van der Waals surface area contributed by atoms with Crippen LogP contribution in [0.1, 0.15) is 39.0 Å². The van der Waals surface area contributed by atoms with Gasteiger partial charge in [0.15, 0.2) is 5.96 Å². The smallest absolute Gasteiger partial charge is 0.193 e. The normalized spacial score (nSPS) is 43.9. The van der Waals surface area contributed by atoms with Crippen molar-refractivity contribution in [3.05, 3.63) is 0 Å². The fourth-order valence-electron chi connectivity index (χ4n) is 4.99. The summed E-state index contributed by atoms with van der Waals surface area (Å²) < 4.78 is 6.06. The van der Waals surface area contributed by atoms with E-state index in [0.29, 0.717) is 30.0 Å². The Bertz CT molecular complexity index is 424. The summed E-state index contributed by atoms with van der Waals surface area (Å²) >= 11 is 0. The lowest BCUT2D eigenvalue weighted by Gasteiger charge is -2.24. The number of hydrogen-bond acceptors (Lipinski definition) is 3. The lowest BCUT2D eigenvalue weighted by Crippen LogP contribution is -2.41. The highest BCUT2D eigenvalue weighted by molar-refractivity contribution is 5.80. The van der Waals surface area contributed by atoms with Crippen LogP contribution in [0.2, 0.25) is 0 Å². The van der Waals surface area contributed by atoms with Gasteiger partial charge >= 0.3 is 0 Å². The number of aliphatic imine (C=N–C) groups is 1. The first kappa shape index (κ1) is 14.8. The summed E-state index contributed by atoms with van der Waals surface area (Å²) in [4.78, 5) is 7.29. The third-order valence-electron chi connectivity index (χ3n) is 6.18. The molecule has 0 aromatic carbocycles. The van der Waals surface area contributed by atoms with Gasteiger partial charge in [-0.15, -0.1) is 0 Å². The molecular formula is C17H29N3O2. The van der Waals surface area contributed by atoms with Gasteiger partial charge in [-0.05, 0) is 32.6 Å². The molecule has 0 radical (unpaired) electrons. The zero-order chi connectivity index (χ0) is 15.1. The largest absolute Gasteiger partial charge is 0.393 e. The van der Waals surface area contributed by atoms with Crippen molar-refractivity contribution < 1.29 is 9.84 Å². The first-order valence-corrected chi connectivity index (χ1v) is 9.13. The molecule has 0 spiro atoms. The summed E-state index contributed by atoms with van der Waals surface area (Å²) in [6.07, 6.45) is 6.57. The van der Waals surface area contributed by atoms with E-state index < -0.39 is 0 Å². The Hall–Kier alpha value is -0.810. The second-order valence-electron chi connectivity index (χ2n) is 7.48. The van der Waals surface area contributed by atoms with Crippen molar-refractivity contribution in [3.63, 3.8) is 0 Å². The number of fused-ring (bicyclic) bond motifs is 5. The number of guanidine groups is 1. The molecule has 3 heterocycles. The summed E-state index contributed by atoms with van der Waals surface area (Å²) in [6.45, 7) is 5.97. The molecule has 2 bridgehead atoms. The second kappa shape index (κ2) is 6.00. The van der Waals surface area contributed by atoms with E-state index >= 15 is 0 Å². The SMILES string of the molecule is CCNC(=NCC1CCCC1O)N1CC2C3CCC(O3)C2C1. The van der Waals surface area contributed by atoms with E-state index in [9.17, 15) is 5.11 Å². The third-order valence-corrected chi connectivity index (χ3v) is 6.18. The molecule has 3 aliphatic heterocycles. The molecule has 4 rings (SSSR count). The zero-order valence-electron chi connectivity index (χ0n) is 13.6. The molecule has 6 unspecified atom stereocenters. The highest BCUT2D eigenvalue weighted by Crippen LogP contribution is 2.47. The Morgan fingerprint density at radius 2 is 1.91 bits per heavy atom. The average molecular weight is 307 g/mol. The molecule has 1 saturated carbocycles. The van der Waals surface area contributed by atoms with Crippen molar-refractivity contribution in [3.8, 4) is 0 Å². The highest BCUT2D eigenvalue weighted by atomic mass is 16.5. The van der Waals surface area contributed by atoms with Gasteiger partial charge < -0.3 is 20.1 Å². The maximum absolute atomic E-state index is 9.99. The number of nitrogens with one attached hydrogen (secondary N) is 1. The molecule has 5 nitrogen and oxygen atoms in total. The maximum atomic E-state index is 9.99. The van der Waals surface area contributed by atoms with Gasteiger partial charge in [0.25, 0.3) is 0 Å². The van der Waals surface area contributed by atoms with Crippen molar-refractivity contribution in [1.82, 2.24) is 10.2 Å². The lowest BCUT2D eigenvalue weighted by molar-refractivity contribution is 0.0767. The van der Waals surface area contributed by atoms with Crippen LogP contribution in [0.25, 0.3) is 0 Å². The predicted molar refractivity (Wildman–Crippen MR) is 85.8 cm³/mol. The first-order chi connectivity index (χ1) is 10.8. The Morgan fingerprint density at radius 3 is 2.50 bits per heavy atom. The van der Waals surface area contributed by atoms with Gasteiger partial charge in [0.1, 0.15) is 0 Å². The van der Waals surface area contributed by atoms with E-state index in [-0.39, 0.29) is 6.10 Å². The molecule has 2 N–H and O–H groups in total. The van der Waals surface area contributed by atoms with Crippen molar-refractivity contribution in [1.29, 1.82) is 0 Å². The Morgan fingerprint density at radius 1 is 1.18 bits per heavy atom. The average Bonchev–Trinajstić information content (AvgIpc) is 3.25. The second-order valence-corrected chi connectivity index (χ2v) is 7.48. The lowest BCUT2D eigenvalue weighted by atomic mass is 9.82. The summed E-state index contributed by atoms with van der Waals surface area (Å²) in [5.74, 6) is 2.82. The molecule has 4 aliphatic rings. The molecule has 0 aromatic heterocycles. The molecule has 5 heteroatoms. The standard InChI is InChI=1S/C17H29N3O2/c1-2-18-17(19-8-11-4-3-5-14(11)21)20-9-12-13(10-20)16-7-6-15(12)22-16/h11-16,21H,2-10H2,1H3,(H,18,19). The number of aliphatic hydroxyl groups excluding tert-OH is 1.